The predicted molar refractivity (Wildman–Crippen MR) is 182 cm³/mol. The third-order valence-electron chi connectivity index (χ3n) is 9.29. The molecule has 3 fully saturated rings. The summed E-state index contributed by atoms with van der Waals surface area (Å²) in [6, 6.07) is 17.6. The number of hydrogen-bond donors (Lipinski definition) is 2. The highest BCUT2D eigenvalue weighted by atomic mass is 35.5. The molecule has 0 aliphatic carbocycles. The molecule has 49 heavy (non-hydrogen) atoms. The monoisotopic (exact) mass is 707 g/mol. The van der Waals surface area contributed by atoms with Gasteiger partial charge in [0.25, 0.3) is 0 Å². The summed E-state index contributed by atoms with van der Waals surface area (Å²) in [5.41, 5.74) is 2.38. The van der Waals surface area contributed by atoms with E-state index in [0.717, 1.165) is 30.7 Å². The Hall–Kier alpha value is -4.58. The fourth-order valence-corrected chi connectivity index (χ4v) is 7.31. The molecule has 4 aromatic rings. The van der Waals surface area contributed by atoms with Crippen molar-refractivity contribution in [2.45, 2.75) is 37.8 Å². The maximum atomic E-state index is 13.9. The SMILES string of the molecule is COc1ccc([C@H](Cc2c(Cl)c[n+](O)cc2Cl)c2nc(CN(C(=O)O[C@H]3CN4CCC3CC4)c3ccccc3)ccc2C(=O)O)cc1OC. The molecule has 13 heteroatoms. The summed E-state index contributed by atoms with van der Waals surface area (Å²) in [6.07, 6.45) is 4.02. The van der Waals surface area contributed by atoms with Crippen LogP contribution in [-0.2, 0) is 17.7 Å². The van der Waals surface area contributed by atoms with Crippen molar-refractivity contribution in [3.63, 3.8) is 0 Å². The second-order valence-electron chi connectivity index (χ2n) is 12.2. The molecular formula is C36H37Cl2N4O7+. The van der Waals surface area contributed by atoms with Crippen LogP contribution in [0.4, 0.5) is 10.5 Å². The maximum Gasteiger partial charge on any atom is 0.414 e. The number of rotatable bonds is 11. The second kappa shape index (κ2) is 14.9. The molecule has 5 heterocycles. The molecule has 2 bridgehead atoms. The summed E-state index contributed by atoms with van der Waals surface area (Å²) < 4.78 is 17.9. The quantitative estimate of drug-likeness (QED) is 0.138. The Labute approximate surface area is 294 Å². The first-order valence-corrected chi connectivity index (χ1v) is 16.7. The molecule has 0 radical (unpaired) electrons. The first kappa shape index (κ1) is 34.3. The van der Waals surface area contributed by atoms with Crippen LogP contribution in [0.5, 0.6) is 11.5 Å². The molecule has 2 atom stereocenters. The Morgan fingerprint density at radius 1 is 1.00 bits per heavy atom. The number of hydrogen-bond acceptors (Lipinski definition) is 8. The van der Waals surface area contributed by atoms with Gasteiger partial charge in [-0.2, -0.15) is 0 Å². The minimum Gasteiger partial charge on any atom is -0.493 e. The fraction of sp³-hybridized carbons (Fsp3) is 0.333. The van der Waals surface area contributed by atoms with Gasteiger partial charge in [-0.15, -0.1) is 0 Å². The molecule has 3 aliphatic rings. The highest BCUT2D eigenvalue weighted by Crippen LogP contribution is 2.38. The molecule has 7 rings (SSSR count). The van der Waals surface area contributed by atoms with Gasteiger partial charge in [0, 0.05) is 28.4 Å². The number of piperidine rings is 3. The minimum absolute atomic E-state index is 0.0207. The summed E-state index contributed by atoms with van der Waals surface area (Å²) in [7, 11) is 3.03. The fourth-order valence-electron chi connectivity index (χ4n) is 6.70. The van der Waals surface area contributed by atoms with Gasteiger partial charge < -0.3 is 19.3 Å². The first-order chi connectivity index (χ1) is 23.6. The number of halogens is 2. The summed E-state index contributed by atoms with van der Waals surface area (Å²) in [4.78, 5) is 35.3. The Morgan fingerprint density at radius 2 is 1.69 bits per heavy atom. The number of benzene rings is 2. The van der Waals surface area contributed by atoms with E-state index in [-0.39, 0.29) is 40.4 Å². The molecule has 3 aliphatic heterocycles. The molecule has 11 nitrogen and oxygen atoms in total. The molecule has 2 N–H and O–H groups in total. The molecule has 0 unspecified atom stereocenters. The Bertz CT molecular complexity index is 1810. The Balaban J connectivity index is 1.41. The number of methoxy groups -OCH3 is 2. The number of amides is 1. The van der Waals surface area contributed by atoms with Crippen LogP contribution in [0.15, 0.2) is 73.1 Å². The molecule has 1 amide bonds. The lowest BCUT2D eigenvalue weighted by atomic mass is 9.86. The largest absolute Gasteiger partial charge is 0.493 e. The minimum atomic E-state index is -1.18. The van der Waals surface area contributed by atoms with Crippen molar-refractivity contribution in [1.82, 2.24) is 9.88 Å². The third-order valence-corrected chi connectivity index (χ3v) is 9.94. The average Bonchev–Trinajstić information content (AvgIpc) is 3.10. The van der Waals surface area contributed by atoms with Crippen LogP contribution in [0.1, 0.15) is 51.6 Å². The maximum absolute atomic E-state index is 13.9. The molecule has 0 spiro atoms. The van der Waals surface area contributed by atoms with Crippen molar-refractivity contribution < 1.29 is 38.8 Å². The van der Waals surface area contributed by atoms with Crippen molar-refractivity contribution in [3.8, 4) is 11.5 Å². The lowest BCUT2D eigenvalue weighted by Gasteiger charge is -2.44. The van der Waals surface area contributed by atoms with Gasteiger partial charge in [0.05, 0.1) is 37.7 Å². The van der Waals surface area contributed by atoms with E-state index < -0.39 is 18.0 Å². The normalized spacial score (nSPS) is 18.8. The zero-order valence-electron chi connectivity index (χ0n) is 27.1. The molecule has 2 aromatic carbocycles. The van der Waals surface area contributed by atoms with Gasteiger partial charge in [-0.1, -0.05) is 47.5 Å². The van der Waals surface area contributed by atoms with Crippen LogP contribution >= 0.6 is 23.2 Å². The van der Waals surface area contributed by atoms with Gasteiger partial charge in [-0.05, 0) is 80.2 Å². The first-order valence-electron chi connectivity index (χ1n) is 15.9. The summed E-state index contributed by atoms with van der Waals surface area (Å²) >= 11 is 13.1. The van der Waals surface area contributed by atoms with Gasteiger partial charge in [0.15, 0.2) is 11.5 Å². The van der Waals surface area contributed by atoms with Gasteiger partial charge in [-0.25, -0.2) is 9.59 Å². The number of aromatic nitrogens is 2. The molecular weight excluding hydrogens is 671 g/mol. The molecule has 256 valence electrons. The topological polar surface area (TPSA) is 126 Å². The third kappa shape index (κ3) is 7.54. The van der Waals surface area contributed by atoms with Crippen molar-refractivity contribution in [3.05, 3.63) is 111 Å². The van der Waals surface area contributed by atoms with Crippen LogP contribution < -0.4 is 19.1 Å². The van der Waals surface area contributed by atoms with Crippen LogP contribution in [-0.4, -0.2) is 72.2 Å². The van der Waals surface area contributed by atoms with Gasteiger partial charge >= 0.3 is 12.1 Å². The average molecular weight is 709 g/mol. The number of pyridine rings is 2. The van der Waals surface area contributed by atoms with E-state index in [0.29, 0.717) is 46.5 Å². The number of anilines is 1. The zero-order valence-corrected chi connectivity index (χ0v) is 28.6. The van der Waals surface area contributed by atoms with E-state index >= 15 is 0 Å². The van der Waals surface area contributed by atoms with Crippen molar-refractivity contribution >= 4 is 41.0 Å². The lowest BCUT2D eigenvalue weighted by Crippen LogP contribution is -2.53. The number of carbonyl (C=O) groups is 2. The number of ether oxygens (including phenoxy) is 3. The highest BCUT2D eigenvalue weighted by Gasteiger charge is 2.38. The van der Waals surface area contributed by atoms with Crippen molar-refractivity contribution in [1.29, 1.82) is 0 Å². The van der Waals surface area contributed by atoms with E-state index in [9.17, 15) is 19.9 Å². The van der Waals surface area contributed by atoms with E-state index in [1.165, 1.54) is 37.6 Å². The number of carbonyl (C=O) groups excluding carboxylic acids is 1. The van der Waals surface area contributed by atoms with E-state index in [1.54, 1.807) is 24.3 Å². The number of para-hydroxylation sites is 1. The van der Waals surface area contributed by atoms with Crippen molar-refractivity contribution in [2.24, 2.45) is 5.92 Å². The second-order valence-corrected chi connectivity index (χ2v) is 13.0. The van der Waals surface area contributed by atoms with Crippen LogP contribution in [0.2, 0.25) is 10.0 Å². The zero-order chi connectivity index (χ0) is 34.7. The van der Waals surface area contributed by atoms with Crippen LogP contribution in [0.25, 0.3) is 0 Å². The van der Waals surface area contributed by atoms with Gasteiger partial charge in [0.1, 0.15) is 16.1 Å². The van der Waals surface area contributed by atoms with Crippen LogP contribution in [0, 0.1) is 5.92 Å². The van der Waals surface area contributed by atoms with Gasteiger partial charge in [-0.3, -0.25) is 20.0 Å². The number of nitrogens with zero attached hydrogens (tertiary/aromatic N) is 4. The van der Waals surface area contributed by atoms with Crippen molar-refractivity contribution in [2.75, 3.05) is 38.8 Å². The van der Waals surface area contributed by atoms with E-state index in [4.69, 9.17) is 42.4 Å². The number of carboxylic acids is 1. The Morgan fingerprint density at radius 3 is 2.31 bits per heavy atom. The van der Waals surface area contributed by atoms with E-state index in [1.807, 2.05) is 30.3 Å². The molecule has 2 aromatic heterocycles. The summed E-state index contributed by atoms with van der Waals surface area (Å²) in [5, 5.41) is 20.7. The number of fused-ring (bicyclic) bond motifs is 3. The smallest absolute Gasteiger partial charge is 0.414 e. The number of carboxylic acid groups (broad SMARTS) is 1. The van der Waals surface area contributed by atoms with E-state index in [2.05, 4.69) is 4.90 Å². The Kier molecular flexibility index (Phi) is 10.4. The van der Waals surface area contributed by atoms with Crippen LogP contribution in [0.3, 0.4) is 0 Å². The molecule has 0 saturated carbocycles. The predicted octanol–water partition coefficient (Wildman–Crippen LogP) is 6.24. The highest BCUT2D eigenvalue weighted by molar-refractivity contribution is 6.35. The lowest BCUT2D eigenvalue weighted by molar-refractivity contribution is -0.904. The number of aromatic carboxylic acids is 1. The standard InChI is InChI=1S/C36H36Cl2N4O7/c1-47-31-11-8-23(16-32(31)48-2)27(17-28-29(37)19-41(46)20-30(28)38)34-26(35(43)44)10-9-24(39-34)18-42(25-6-4-3-5-7-25)36(45)49-33-21-40-14-12-22(33)13-15-40/h3-11,16,19-20,22,27,33H,12-15,17-18,21H2,1-2H3,(H-,43,44,46)/p+1/t27-,33-/m0/s1. The molecule has 3 saturated heterocycles. The summed E-state index contributed by atoms with van der Waals surface area (Å²) in [6.45, 7) is 2.77. The van der Waals surface area contributed by atoms with Gasteiger partial charge in [0.2, 0.25) is 12.4 Å². The summed E-state index contributed by atoms with van der Waals surface area (Å²) in [5.74, 6) is -0.645.